The van der Waals surface area contributed by atoms with Crippen LogP contribution in [0, 0.1) is 0 Å². The van der Waals surface area contributed by atoms with Crippen LogP contribution in [0.3, 0.4) is 0 Å². The molecular formula is C20H20F2N6O2S. The predicted octanol–water partition coefficient (Wildman–Crippen LogP) is 2.97. The van der Waals surface area contributed by atoms with E-state index in [-0.39, 0.29) is 31.2 Å². The highest BCUT2D eigenvalue weighted by Crippen LogP contribution is 2.38. The number of halogens is 2. The number of amides is 2. The Hall–Kier alpha value is -3.31. The molecule has 4 rings (SSSR count). The fourth-order valence-corrected chi connectivity index (χ4v) is 4.40. The minimum absolute atomic E-state index is 0.133. The van der Waals surface area contributed by atoms with Crippen LogP contribution in [0.25, 0.3) is 0 Å². The number of urea groups is 1. The number of fused-ring (bicyclic) bond motifs is 1. The summed E-state index contributed by atoms with van der Waals surface area (Å²) in [5.74, 6) is 0. The molecule has 0 saturated heterocycles. The number of hydrogen-bond donors (Lipinski definition) is 1. The minimum Gasteiger partial charge on any atom is -0.327 e. The van der Waals surface area contributed by atoms with Gasteiger partial charge in [0.05, 0.1) is 18.8 Å². The SMILES string of the molecule is CN1Cc2ccccc2N(c2ccc(Cn3cnn(CC(CN)=C(F)F)c3=O)s2)C1=O. The van der Waals surface area contributed by atoms with Crippen LogP contribution in [0.5, 0.6) is 0 Å². The third-order valence-corrected chi connectivity index (χ3v) is 6.06. The first kappa shape index (κ1) is 20.9. The van der Waals surface area contributed by atoms with E-state index in [0.717, 1.165) is 25.8 Å². The normalized spacial score (nSPS) is 13.5. The Balaban J connectivity index is 1.58. The molecular weight excluding hydrogens is 426 g/mol. The van der Waals surface area contributed by atoms with Crippen molar-refractivity contribution < 1.29 is 13.6 Å². The average Bonchev–Trinajstić information content (AvgIpc) is 3.34. The van der Waals surface area contributed by atoms with Crippen molar-refractivity contribution in [3.05, 3.63) is 75.3 Å². The molecule has 0 spiro atoms. The Morgan fingerprint density at radius 1 is 1.19 bits per heavy atom. The molecule has 3 heterocycles. The monoisotopic (exact) mass is 446 g/mol. The average molecular weight is 446 g/mol. The molecule has 1 aliphatic heterocycles. The molecule has 0 aliphatic carbocycles. The number of aromatic nitrogens is 3. The summed E-state index contributed by atoms with van der Waals surface area (Å²) in [6.45, 7) is 0.0429. The van der Waals surface area contributed by atoms with Gasteiger partial charge >= 0.3 is 11.7 Å². The van der Waals surface area contributed by atoms with Gasteiger partial charge in [-0.15, -0.1) is 11.3 Å². The summed E-state index contributed by atoms with van der Waals surface area (Å²) in [6, 6.07) is 11.2. The molecule has 0 unspecified atom stereocenters. The van der Waals surface area contributed by atoms with Gasteiger partial charge in [-0.2, -0.15) is 13.9 Å². The van der Waals surface area contributed by atoms with E-state index >= 15 is 0 Å². The molecule has 0 atom stereocenters. The molecule has 0 bridgehead atoms. The minimum atomic E-state index is -1.90. The summed E-state index contributed by atoms with van der Waals surface area (Å²) in [5, 5.41) is 4.64. The second-order valence-electron chi connectivity index (χ2n) is 7.11. The van der Waals surface area contributed by atoms with E-state index in [9.17, 15) is 18.4 Å². The maximum Gasteiger partial charge on any atom is 0.346 e. The van der Waals surface area contributed by atoms with Crippen molar-refractivity contribution in [2.75, 3.05) is 18.5 Å². The molecule has 2 amide bonds. The maximum absolute atomic E-state index is 12.8. The lowest BCUT2D eigenvalue weighted by molar-refractivity contribution is 0.213. The van der Waals surface area contributed by atoms with Crippen molar-refractivity contribution in [2.45, 2.75) is 19.6 Å². The second-order valence-corrected chi connectivity index (χ2v) is 8.26. The lowest BCUT2D eigenvalue weighted by atomic mass is 10.1. The van der Waals surface area contributed by atoms with Gasteiger partial charge in [0, 0.05) is 30.6 Å². The van der Waals surface area contributed by atoms with Crippen LogP contribution in [0.15, 0.2) is 59.2 Å². The lowest BCUT2D eigenvalue weighted by Gasteiger charge is -2.34. The molecule has 0 radical (unpaired) electrons. The quantitative estimate of drug-likeness (QED) is 0.631. The third kappa shape index (κ3) is 4.01. The first-order valence-corrected chi connectivity index (χ1v) is 10.3. The van der Waals surface area contributed by atoms with E-state index in [1.54, 1.807) is 16.8 Å². The summed E-state index contributed by atoms with van der Waals surface area (Å²) in [4.78, 5) is 29.4. The van der Waals surface area contributed by atoms with Gasteiger partial charge in [-0.1, -0.05) is 18.2 Å². The van der Waals surface area contributed by atoms with Gasteiger partial charge in [0.25, 0.3) is 6.08 Å². The molecule has 31 heavy (non-hydrogen) atoms. The standard InChI is InChI=1S/C20H20F2N6O2S/c1-25-9-13-4-2-3-5-16(13)28(19(25)29)17-7-6-15(31-17)11-26-12-24-27(20(26)30)10-14(8-23)18(21)22/h2-7,12H,8-11,23H2,1H3. The van der Waals surface area contributed by atoms with Crippen molar-refractivity contribution in [1.29, 1.82) is 0 Å². The molecule has 3 aromatic rings. The maximum atomic E-state index is 12.8. The van der Waals surface area contributed by atoms with Crippen molar-refractivity contribution in [2.24, 2.45) is 5.73 Å². The van der Waals surface area contributed by atoms with Crippen LogP contribution in [-0.2, 0) is 19.6 Å². The zero-order valence-electron chi connectivity index (χ0n) is 16.7. The van der Waals surface area contributed by atoms with Crippen LogP contribution < -0.4 is 16.3 Å². The van der Waals surface area contributed by atoms with E-state index < -0.39 is 11.8 Å². The number of nitrogens with two attached hydrogens (primary N) is 1. The first-order chi connectivity index (χ1) is 14.9. The fourth-order valence-electron chi connectivity index (χ4n) is 3.38. The molecule has 162 valence electrons. The van der Waals surface area contributed by atoms with Crippen molar-refractivity contribution in [3.63, 3.8) is 0 Å². The number of rotatable bonds is 6. The van der Waals surface area contributed by atoms with Gasteiger partial charge in [-0.3, -0.25) is 9.47 Å². The number of hydrogen-bond acceptors (Lipinski definition) is 5. The number of thiophene rings is 1. The second kappa shape index (κ2) is 8.44. The van der Waals surface area contributed by atoms with Crippen molar-refractivity contribution in [1.82, 2.24) is 19.2 Å². The smallest absolute Gasteiger partial charge is 0.327 e. The van der Waals surface area contributed by atoms with Gasteiger partial charge in [-0.25, -0.2) is 14.3 Å². The Labute approximate surface area is 180 Å². The highest BCUT2D eigenvalue weighted by atomic mass is 32.1. The fraction of sp³-hybridized carbons (Fsp3) is 0.250. The molecule has 11 heteroatoms. The molecule has 1 aliphatic rings. The first-order valence-electron chi connectivity index (χ1n) is 9.46. The van der Waals surface area contributed by atoms with Crippen LogP contribution in [0.4, 0.5) is 24.3 Å². The third-order valence-electron chi connectivity index (χ3n) is 5.00. The van der Waals surface area contributed by atoms with Crippen LogP contribution >= 0.6 is 11.3 Å². The van der Waals surface area contributed by atoms with E-state index in [4.69, 9.17) is 5.73 Å². The summed E-state index contributed by atoms with van der Waals surface area (Å²) >= 11 is 1.38. The van der Waals surface area contributed by atoms with Crippen LogP contribution in [0.1, 0.15) is 10.4 Å². The van der Waals surface area contributed by atoms with E-state index in [0.29, 0.717) is 6.54 Å². The van der Waals surface area contributed by atoms with Gasteiger partial charge < -0.3 is 10.6 Å². The molecule has 0 saturated carbocycles. The number of anilines is 2. The van der Waals surface area contributed by atoms with Gasteiger partial charge in [-0.05, 0) is 23.8 Å². The summed E-state index contributed by atoms with van der Waals surface area (Å²) in [5.41, 5.74) is 6.33. The van der Waals surface area contributed by atoms with E-state index in [1.165, 1.54) is 22.2 Å². The number of carbonyl (C=O) groups excluding carboxylic acids is 1. The Bertz CT molecular complexity index is 1210. The highest BCUT2D eigenvalue weighted by molar-refractivity contribution is 7.16. The Kier molecular flexibility index (Phi) is 5.70. The van der Waals surface area contributed by atoms with Gasteiger partial charge in [0.15, 0.2) is 0 Å². The van der Waals surface area contributed by atoms with E-state index in [2.05, 4.69) is 5.10 Å². The molecule has 8 nitrogen and oxygen atoms in total. The predicted molar refractivity (Wildman–Crippen MR) is 114 cm³/mol. The Morgan fingerprint density at radius 2 is 1.97 bits per heavy atom. The summed E-state index contributed by atoms with van der Waals surface area (Å²) in [7, 11) is 1.75. The molecule has 0 fully saturated rings. The summed E-state index contributed by atoms with van der Waals surface area (Å²) < 4.78 is 27.9. The number of carbonyl (C=O) groups is 1. The van der Waals surface area contributed by atoms with Crippen LogP contribution in [0.2, 0.25) is 0 Å². The van der Waals surface area contributed by atoms with Gasteiger partial charge in [0.2, 0.25) is 0 Å². The zero-order chi connectivity index (χ0) is 22.1. The lowest BCUT2D eigenvalue weighted by Crippen LogP contribution is -2.42. The number of nitrogens with zero attached hydrogens (tertiary/aromatic N) is 5. The molecule has 1 aromatic carbocycles. The van der Waals surface area contributed by atoms with Crippen LogP contribution in [-0.4, -0.2) is 38.9 Å². The highest BCUT2D eigenvalue weighted by Gasteiger charge is 2.30. The van der Waals surface area contributed by atoms with Gasteiger partial charge in [0.1, 0.15) is 11.3 Å². The largest absolute Gasteiger partial charge is 0.346 e. The van der Waals surface area contributed by atoms with Crippen molar-refractivity contribution in [3.8, 4) is 0 Å². The van der Waals surface area contributed by atoms with E-state index in [1.807, 2.05) is 36.4 Å². The topological polar surface area (TPSA) is 89.4 Å². The molecule has 2 aromatic heterocycles. The number of para-hydroxylation sites is 1. The molecule has 2 N–H and O–H groups in total. The Morgan fingerprint density at radius 3 is 2.71 bits per heavy atom. The number of benzene rings is 1. The zero-order valence-corrected chi connectivity index (χ0v) is 17.5. The van der Waals surface area contributed by atoms with Crippen molar-refractivity contribution >= 4 is 28.1 Å². The summed E-state index contributed by atoms with van der Waals surface area (Å²) in [6.07, 6.45) is -0.593.